The van der Waals surface area contributed by atoms with Crippen molar-refractivity contribution in [3.63, 3.8) is 0 Å². The third-order valence-corrected chi connectivity index (χ3v) is 9.57. The lowest BCUT2D eigenvalue weighted by Crippen LogP contribution is -2.48. The van der Waals surface area contributed by atoms with Crippen molar-refractivity contribution in [3.8, 4) is 16.9 Å². The molecule has 0 spiro atoms. The number of rotatable bonds is 6. The first kappa shape index (κ1) is 29.0. The molecule has 3 aromatic rings. The molecule has 1 fully saturated rings. The van der Waals surface area contributed by atoms with Gasteiger partial charge in [0.15, 0.2) is 5.60 Å². The summed E-state index contributed by atoms with van der Waals surface area (Å²) in [5, 5.41) is 16.2. The predicted molar refractivity (Wildman–Crippen MR) is 156 cm³/mol. The predicted octanol–water partition coefficient (Wildman–Crippen LogP) is 6.72. The number of aliphatic hydroxyl groups is 1. The van der Waals surface area contributed by atoms with Crippen LogP contribution in [0.25, 0.3) is 11.1 Å². The summed E-state index contributed by atoms with van der Waals surface area (Å²) in [6.45, 7) is 2.22. The van der Waals surface area contributed by atoms with Crippen LogP contribution in [0.3, 0.4) is 0 Å². The van der Waals surface area contributed by atoms with Crippen LogP contribution in [0.5, 0.6) is 5.75 Å². The molecule has 2 atom stereocenters. The van der Waals surface area contributed by atoms with Gasteiger partial charge in [0, 0.05) is 48.8 Å². The maximum Gasteiger partial charge on any atom is 0.251 e. The molecule has 1 heterocycles. The lowest BCUT2D eigenvalue weighted by molar-refractivity contribution is 0.0104. The minimum Gasteiger partial charge on any atom is -0.480 e. The molecule has 222 valence electrons. The van der Waals surface area contributed by atoms with Crippen molar-refractivity contribution >= 4 is 17.5 Å². The molecule has 1 aliphatic heterocycles. The Morgan fingerprint density at radius 2 is 1.81 bits per heavy atom. The van der Waals surface area contributed by atoms with E-state index in [0.29, 0.717) is 24.9 Å². The summed E-state index contributed by atoms with van der Waals surface area (Å²) in [4.78, 5) is 13.0. The number of hydrogen-bond acceptors (Lipinski definition) is 4. The van der Waals surface area contributed by atoms with Gasteiger partial charge in [-0.25, -0.2) is 13.2 Å². The van der Waals surface area contributed by atoms with Crippen molar-refractivity contribution in [2.45, 2.75) is 75.3 Å². The van der Waals surface area contributed by atoms with Gasteiger partial charge in [-0.15, -0.1) is 0 Å². The molecule has 3 N–H and O–H groups in total. The molecular formula is C33H34ClF3N2O3. The number of fused-ring (bicyclic) bond motifs is 2. The fourth-order valence-corrected chi connectivity index (χ4v) is 7.05. The third-order valence-electron chi connectivity index (χ3n) is 9.20. The van der Waals surface area contributed by atoms with Crippen LogP contribution in [0.1, 0.15) is 77.8 Å². The van der Waals surface area contributed by atoms with E-state index in [0.717, 1.165) is 18.4 Å². The number of benzene rings is 3. The summed E-state index contributed by atoms with van der Waals surface area (Å²) < 4.78 is 53.1. The summed E-state index contributed by atoms with van der Waals surface area (Å²) in [7, 11) is 1.40. The minimum atomic E-state index is -1.38. The van der Waals surface area contributed by atoms with Crippen molar-refractivity contribution in [2.24, 2.45) is 0 Å². The largest absolute Gasteiger partial charge is 0.480 e. The fraction of sp³-hybridized carbons (Fsp3) is 0.424. The maximum absolute atomic E-state index is 16.3. The van der Waals surface area contributed by atoms with Gasteiger partial charge >= 0.3 is 0 Å². The molecule has 0 aromatic heterocycles. The molecule has 6 rings (SSSR count). The monoisotopic (exact) mass is 598 g/mol. The highest BCUT2D eigenvalue weighted by Crippen LogP contribution is 2.51. The molecule has 0 saturated heterocycles. The Balaban J connectivity index is 1.47. The SMILES string of the molecule is CNC(=O)c1cc2c(c(F)c1-c1c(Cl)c(F)cc3c1C[C@@](CN[C@H]1CC[C@](C)(O)CC1)(c1ccccc1)O3)CCC2F. The second kappa shape index (κ2) is 10.9. The average molecular weight is 599 g/mol. The fourth-order valence-electron chi connectivity index (χ4n) is 6.79. The van der Waals surface area contributed by atoms with Gasteiger partial charge in [-0.05, 0) is 68.2 Å². The molecule has 1 saturated carbocycles. The third kappa shape index (κ3) is 4.97. The molecule has 5 nitrogen and oxygen atoms in total. The average Bonchev–Trinajstić information content (AvgIpc) is 3.54. The van der Waals surface area contributed by atoms with Crippen LogP contribution < -0.4 is 15.4 Å². The Kier molecular flexibility index (Phi) is 7.52. The molecular weight excluding hydrogens is 565 g/mol. The number of alkyl halides is 1. The van der Waals surface area contributed by atoms with Gasteiger partial charge in [0.2, 0.25) is 0 Å². The molecule has 1 amide bonds. The first-order valence-corrected chi connectivity index (χ1v) is 14.8. The number of amides is 1. The molecule has 42 heavy (non-hydrogen) atoms. The first-order valence-electron chi connectivity index (χ1n) is 14.5. The zero-order valence-corrected chi connectivity index (χ0v) is 24.4. The number of hydrogen-bond donors (Lipinski definition) is 3. The van der Waals surface area contributed by atoms with Gasteiger partial charge in [-0.1, -0.05) is 41.9 Å². The highest BCUT2D eigenvalue weighted by atomic mass is 35.5. The number of nitrogens with one attached hydrogen (secondary N) is 2. The molecule has 1 unspecified atom stereocenters. The summed E-state index contributed by atoms with van der Waals surface area (Å²) in [6, 6.07) is 12.3. The van der Waals surface area contributed by atoms with Crippen LogP contribution in [0.15, 0.2) is 42.5 Å². The standard InChI is InChI=1S/C33H34ClF3N2O3/c1-32(41)12-10-19(11-13-32)39-17-33(18-6-4-3-5-7-18)16-23-26(42-33)15-25(36)29(34)27(23)28-22(31(40)38-2)14-21-20(30(28)37)8-9-24(21)35/h3-7,14-15,19,24,39,41H,8-13,16-17H2,1-2H3,(H,38,40)/t19-,24?,32-,33-/m1/s1. The Hall–Kier alpha value is -3.07. The second-order valence-corrected chi connectivity index (χ2v) is 12.5. The zero-order chi connectivity index (χ0) is 29.8. The Labute approximate surface area is 248 Å². The van der Waals surface area contributed by atoms with Crippen LogP contribution in [0.4, 0.5) is 13.2 Å². The molecule has 9 heteroatoms. The summed E-state index contributed by atoms with van der Waals surface area (Å²) in [5.74, 6) is -1.97. The normalized spacial score (nSPS) is 26.5. The molecule has 3 aliphatic rings. The number of carbonyl (C=O) groups excluding carboxylic acids is 1. The van der Waals surface area contributed by atoms with Crippen LogP contribution in [-0.2, 0) is 18.4 Å². The van der Waals surface area contributed by atoms with E-state index in [2.05, 4.69) is 10.6 Å². The van der Waals surface area contributed by atoms with E-state index in [-0.39, 0.29) is 63.9 Å². The van der Waals surface area contributed by atoms with Crippen molar-refractivity contribution in [1.29, 1.82) is 0 Å². The maximum atomic E-state index is 16.3. The first-order chi connectivity index (χ1) is 20.0. The van der Waals surface area contributed by atoms with Crippen molar-refractivity contribution in [3.05, 3.63) is 86.9 Å². The molecule has 0 radical (unpaired) electrons. The lowest BCUT2D eigenvalue weighted by Gasteiger charge is -2.36. The molecule has 0 bridgehead atoms. The highest BCUT2D eigenvalue weighted by molar-refractivity contribution is 6.34. The van der Waals surface area contributed by atoms with E-state index in [1.165, 1.54) is 19.2 Å². The summed E-state index contributed by atoms with van der Waals surface area (Å²) >= 11 is 6.61. The van der Waals surface area contributed by atoms with Crippen LogP contribution in [0.2, 0.25) is 5.02 Å². The lowest BCUT2D eigenvalue weighted by atomic mass is 9.82. The van der Waals surface area contributed by atoms with Gasteiger partial charge in [0.05, 0.1) is 16.2 Å². The second-order valence-electron chi connectivity index (χ2n) is 12.1. The van der Waals surface area contributed by atoms with E-state index in [1.807, 2.05) is 37.3 Å². The van der Waals surface area contributed by atoms with E-state index >= 15 is 8.78 Å². The molecule has 2 aliphatic carbocycles. The van der Waals surface area contributed by atoms with E-state index < -0.39 is 34.9 Å². The molecule has 3 aromatic carbocycles. The van der Waals surface area contributed by atoms with Gasteiger partial charge in [0.1, 0.15) is 23.6 Å². The van der Waals surface area contributed by atoms with Crippen molar-refractivity contribution in [1.82, 2.24) is 10.6 Å². The van der Waals surface area contributed by atoms with Crippen LogP contribution >= 0.6 is 11.6 Å². The van der Waals surface area contributed by atoms with E-state index in [9.17, 15) is 14.3 Å². The Morgan fingerprint density at radius 1 is 1.10 bits per heavy atom. The van der Waals surface area contributed by atoms with Gasteiger partial charge in [-0.3, -0.25) is 4.79 Å². The number of carbonyl (C=O) groups is 1. The van der Waals surface area contributed by atoms with Gasteiger partial charge < -0.3 is 20.5 Å². The minimum absolute atomic E-state index is 0.0550. The van der Waals surface area contributed by atoms with Crippen molar-refractivity contribution in [2.75, 3.05) is 13.6 Å². The van der Waals surface area contributed by atoms with Crippen molar-refractivity contribution < 1.29 is 27.8 Å². The quantitative estimate of drug-likeness (QED) is 0.295. The van der Waals surface area contributed by atoms with Crippen LogP contribution in [-0.4, -0.2) is 36.2 Å². The Morgan fingerprint density at radius 3 is 2.50 bits per heavy atom. The van der Waals surface area contributed by atoms with Gasteiger partial charge in [-0.2, -0.15) is 0 Å². The Bertz CT molecular complexity index is 1540. The van der Waals surface area contributed by atoms with Gasteiger partial charge in [0.25, 0.3) is 5.91 Å². The van der Waals surface area contributed by atoms with E-state index in [1.54, 1.807) is 0 Å². The number of ether oxygens (including phenoxy) is 1. The highest BCUT2D eigenvalue weighted by Gasteiger charge is 2.45. The number of halogens is 4. The smallest absolute Gasteiger partial charge is 0.251 e. The zero-order valence-electron chi connectivity index (χ0n) is 23.6. The van der Waals surface area contributed by atoms with E-state index in [4.69, 9.17) is 16.3 Å². The summed E-state index contributed by atoms with van der Waals surface area (Å²) in [5.41, 5.74) is -0.178. The topological polar surface area (TPSA) is 70.6 Å². The summed E-state index contributed by atoms with van der Waals surface area (Å²) in [6.07, 6.45) is 2.06. The van der Waals surface area contributed by atoms with Crippen LogP contribution in [0, 0.1) is 11.6 Å².